The van der Waals surface area contributed by atoms with E-state index in [9.17, 15) is 4.79 Å². The Morgan fingerprint density at radius 3 is 2.52 bits per heavy atom. The average Bonchev–Trinajstić information content (AvgIpc) is 3.18. The summed E-state index contributed by atoms with van der Waals surface area (Å²) in [6, 6.07) is 21.8. The maximum atomic E-state index is 12.6. The molecule has 0 aliphatic rings. The van der Waals surface area contributed by atoms with Crippen molar-refractivity contribution in [3.8, 4) is 16.9 Å². The number of allylic oxidation sites excluding steroid dienone is 1. The lowest BCUT2D eigenvalue weighted by Crippen LogP contribution is -2.08. The van der Waals surface area contributed by atoms with Gasteiger partial charge in [-0.05, 0) is 50.1 Å². The minimum Gasteiger partial charge on any atom is -0.493 e. The van der Waals surface area contributed by atoms with Gasteiger partial charge in [-0.2, -0.15) is 0 Å². The summed E-state index contributed by atoms with van der Waals surface area (Å²) in [5.41, 5.74) is 6.44. The number of carbonyl (C=O) groups is 1. The summed E-state index contributed by atoms with van der Waals surface area (Å²) in [5, 5.41) is 3.90. The monoisotopic (exact) mass is 411 g/mol. The van der Waals surface area contributed by atoms with E-state index in [2.05, 4.69) is 17.4 Å². The van der Waals surface area contributed by atoms with E-state index in [1.54, 1.807) is 12.3 Å². The van der Waals surface area contributed by atoms with Crippen LogP contribution < -0.4 is 10.1 Å². The van der Waals surface area contributed by atoms with E-state index < -0.39 is 0 Å². The summed E-state index contributed by atoms with van der Waals surface area (Å²) in [4.78, 5) is 12.6. The Morgan fingerprint density at radius 1 is 1.06 bits per heavy atom. The second-order valence-electron chi connectivity index (χ2n) is 7.48. The van der Waals surface area contributed by atoms with Crippen molar-refractivity contribution < 1.29 is 13.9 Å². The highest BCUT2D eigenvalue weighted by Gasteiger charge is 2.15. The lowest BCUT2D eigenvalue weighted by molar-refractivity contribution is -0.111. The van der Waals surface area contributed by atoms with Crippen LogP contribution in [0, 0.1) is 6.92 Å². The van der Waals surface area contributed by atoms with Gasteiger partial charge < -0.3 is 14.5 Å². The molecule has 1 N–H and O–H groups in total. The Bertz CT molecular complexity index is 1230. The van der Waals surface area contributed by atoms with Crippen LogP contribution >= 0.6 is 0 Å². The molecule has 1 aromatic heterocycles. The Labute approximate surface area is 182 Å². The molecule has 4 rings (SSSR count). The molecule has 0 unspecified atom stereocenters. The second-order valence-corrected chi connectivity index (χ2v) is 7.48. The highest BCUT2D eigenvalue weighted by atomic mass is 16.5. The van der Waals surface area contributed by atoms with Gasteiger partial charge in [-0.1, -0.05) is 48.0 Å². The molecule has 1 heterocycles. The fourth-order valence-electron chi connectivity index (χ4n) is 3.57. The third-order valence-electron chi connectivity index (χ3n) is 5.15. The van der Waals surface area contributed by atoms with Crippen molar-refractivity contribution in [2.45, 2.75) is 20.8 Å². The van der Waals surface area contributed by atoms with Gasteiger partial charge in [-0.3, -0.25) is 4.79 Å². The van der Waals surface area contributed by atoms with Gasteiger partial charge in [0.25, 0.3) is 0 Å². The van der Waals surface area contributed by atoms with Gasteiger partial charge in [0, 0.05) is 34.3 Å². The highest BCUT2D eigenvalue weighted by Crippen LogP contribution is 2.37. The molecular formula is C27H25NO3. The first-order valence-corrected chi connectivity index (χ1v) is 10.3. The molecule has 0 saturated heterocycles. The lowest BCUT2D eigenvalue weighted by Gasteiger charge is -2.12. The van der Waals surface area contributed by atoms with Crippen molar-refractivity contribution in [3.05, 3.63) is 90.2 Å². The first-order chi connectivity index (χ1) is 15.0. The number of fused-ring (bicyclic) bond motifs is 1. The Morgan fingerprint density at radius 2 is 1.81 bits per heavy atom. The number of carbonyl (C=O) groups excluding carboxylic acids is 1. The number of aryl methyl sites for hydroxylation is 1. The van der Waals surface area contributed by atoms with Gasteiger partial charge in [0.15, 0.2) is 0 Å². The molecule has 0 aliphatic heterocycles. The van der Waals surface area contributed by atoms with E-state index in [0.29, 0.717) is 12.4 Å². The fraction of sp³-hybridized carbons (Fsp3) is 0.148. The molecule has 0 bridgehead atoms. The van der Waals surface area contributed by atoms with E-state index in [4.69, 9.17) is 9.15 Å². The standard InChI is InChI=1S/C27H25NO3/c1-4-30-25-16-26-23(24(17-31-26)20-8-6-5-7-9-20)15-22(25)19(3)14-27(29)28-21-12-10-18(2)11-13-21/h5-17H,4H2,1-3H3,(H,28,29)/b19-14+. The van der Waals surface area contributed by atoms with Gasteiger partial charge in [0.1, 0.15) is 11.3 Å². The number of furan rings is 1. The quantitative estimate of drug-likeness (QED) is 0.353. The minimum absolute atomic E-state index is 0.181. The molecule has 156 valence electrons. The van der Waals surface area contributed by atoms with E-state index in [1.165, 1.54) is 0 Å². The van der Waals surface area contributed by atoms with Crippen LogP contribution in [-0.4, -0.2) is 12.5 Å². The molecule has 0 spiro atoms. The molecule has 1 amide bonds. The maximum Gasteiger partial charge on any atom is 0.248 e. The van der Waals surface area contributed by atoms with Crippen LogP contribution in [0.2, 0.25) is 0 Å². The highest BCUT2D eigenvalue weighted by molar-refractivity contribution is 6.05. The average molecular weight is 412 g/mol. The van der Waals surface area contributed by atoms with Crippen molar-refractivity contribution in [2.24, 2.45) is 0 Å². The molecule has 3 aromatic carbocycles. The Balaban J connectivity index is 1.71. The predicted molar refractivity (Wildman–Crippen MR) is 126 cm³/mol. The van der Waals surface area contributed by atoms with E-state index in [-0.39, 0.29) is 5.91 Å². The number of anilines is 1. The van der Waals surface area contributed by atoms with Gasteiger partial charge in [-0.25, -0.2) is 0 Å². The first-order valence-electron chi connectivity index (χ1n) is 10.3. The second kappa shape index (κ2) is 8.92. The summed E-state index contributed by atoms with van der Waals surface area (Å²) >= 11 is 0. The van der Waals surface area contributed by atoms with Gasteiger partial charge in [0.2, 0.25) is 5.91 Å². The van der Waals surface area contributed by atoms with Crippen LogP contribution in [0.15, 0.2) is 83.5 Å². The summed E-state index contributed by atoms with van der Waals surface area (Å²) in [5.74, 6) is 0.514. The SMILES string of the molecule is CCOc1cc2occ(-c3ccccc3)c2cc1/C(C)=C/C(=O)Nc1ccc(C)cc1. The van der Waals surface area contributed by atoms with Crippen LogP contribution in [0.5, 0.6) is 5.75 Å². The van der Waals surface area contributed by atoms with Crippen LogP contribution in [-0.2, 0) is 4.79 Å². The molecule has 4 nitrogen and oxygen atoms in total. The van der Waals surface area contributed by atoms with Gasteiger partial charge in [-0.15, -0.1) is 0 Å². The van der Waals surface area contributed by atoms with E-state index in [1.807, 2.05) is 75.4 Å². The topological polar surface area (TPSA) is 51.5 Å². The number of amides is 1. The van der Waals surface area contributed by atoms with E-state index in [0.717, 1.165) is 44.5 Å². The molecule has 0 radical (unpaired) electrons. The molecular weight excluding hydrogens is 386 g/mol. The molecule has 0 fully saturated rings. The fourth-order valence-corrected chi connectivity index (χ4v) is 3.57. The molecule has 4 heteroatoms. The minimum atomic E-state index is -0.181. The van der Waals surface area contributed by atoms with Crippen LogP contribution in [0.1, 0.15) is 25.0 Å². The number of rotatable bonds is 6. The van der Waals surface area contributed by atoms with Crippen molar-refractivity contribution in [3.63, 3.8) is 0 Å². The zero-order valence-electron chi connectivity index (χ0n) is 17.9. The first kappa shape index (κ1) is 20.5. The normalized spacial score (nSPS) is 11.5. The summed E-state index contributed by atoms with van der Waals surface area (Å²) in [7, 11) is 0. The van der Waals surface area contributed by atoms with Crippen LogP contribution in [0.3, 0.4) is 0 Å². The summed E-state index contributed by atoms with van der Waals surface area (Å²) in [6.45, 7) is 6.39. The third-order valence-corrected chi connectivity index (χ3v) is 5.15. The van der Waals surface area contributed by atoms with Gasteiger partial charge >= 0.3 is 0 Å². The zero-order valence-corrected chi connectivity index (χ0v) is 17.9. The molecule has 0 aliphatic carbocycles. The molecule has 0 atom stereocenters. The number of nitrogens with one attached hydrogen (secondary N) is 1. The number of hydrogen-bond acceptors (Lipinski definition) is 3. The van der Waals surface area contributed by atoms with Crippen molar-refractivity contribution in [2.75, 3.05) is 11.9 Å². The Kier molecular flexibility index (Phi) is 5.89. The maximum absolute atomic E-state index is 12.6. The van der Waals surface area contributed by atoms with Gasteiger partial charge in [0.05, 0.1) is 12.9 Å². The summed E-state index contributed by atoms with van der Waals surface area (Å²) < 4.78 is 11.7. The summed E-state index contributed by atoms with van der Waals surface area (Å²) in [6.07, 6.45) is 3.37. The number of hydrogen-bond donors (Lipinski definition) is 1. The van der Waals surface area contributed by atoms with Crippen molar-refractivity contribution in [1.29, 1.82) is 0 Å². The molecule has 4 aromatic rings. The smallest absolute Gasteiger partial charge is 0.248 e. The largest absolute Gasteiger partial charge is 0.493 e. The molecule has 0 saturated carbocycles. The Hall–Kier alpha value is -3.79. The van der Waals surface area contributed by atoms with Crippen LogP contribution in [0.25, 0.3) is 27.7 Å². The lowest BCUT2D eigenvalue weighted by atomic mass is 9.99. The predicted octanol–water partition coefficient (Wildman–Crippen LogP) is 6.85. The molecule has 31 heavy (non-hydrogen) atoms. The van der Waals surface area contributed by atoms with Crippen LogP contribution in [0.4, 0.5) is 5.69 Å². The van der Waals surface area contributed by atoms with Crippen molar-refractivity contribution >= 4 is 28.1 Å². The number of benzene rings is 3. The third kappa shape index (κ3) is 4.53. The van der Waals surface area contributed by atoms with E-state index >= 15 is 0 Å². The van der Waals surface area contributed by atoms with Crippen molar-refractivity contribution in [1.82, 2.24) is 0 Å². The number of ether oxygens (including phenoxy) is 1. The zero-order chi connectivity index (χ0) is 21.8.